The lowest BCUT2D eigenvalue weighted by atomic mass is 9.81. The second kappa shape index (κ2) is 8.56. The molecule has 0 amide bonds. The number of benzene rings is 1. The van der Waals surface area contributed by atoms with E-state index in [-0.39, 0.29) is 0 Å². The van der Waals surface area contributed by atoms with Gasteiger partial charge in [0.2, 0.25) is 5.95 Å². The van der Waals surface area contributed by atoms with Crippen LogP contribution in [0, 0.1) is 0 Å². The number of nitrogens with two attached hydrogens (primary N) is 1. The van der Waals surface area contributed by atoms with Crippen LogP contribution in [0.2, 0.25) is 0 Å². The first-order chi connectivity index (χ1) is 14.8. The van der Waals surface area contributed by atoms with Gasteiger partial charge in [-0.25, -0.2) is 4.98 Å². The summed E-state index contributed by atoms with van der Waals surface area (Å²) in [5, 5.41) is 4.55. The second-order valence-corrected chi connectivity index (χ2v) is 8.65. The zero-order valence-electron chi connectivity index (χ0n) is 17.5. The summed E-state index contributed by atoms with van der Waals surface area (Å²) in [6.45, 7) is 2.64. The van der Waals surface area contributed by atoms with Crippen LogP contribution in [0.1, 0.15) is 61.4 Å². The van der Waals surface area contributed by atoms with Gasteiger partial charge in [0.05, 0.1) is 0 Å². The van der Waals surface area contributed by atoms with Gasteiger partial charge < -0.3 is 10.6 Å². The number of aromatic nitrogens is 4. The van der Waals surface area contributed by atoms with Gasteiger partial charge in [0.15, 0.2) is 11.6 Å². The highest BCUT2D eigenvalue weighted by Crippen LogP contribution is 2.35. The van der Waals surface area contributed by atoms with E-state index in [1.54, 1.807) is 10.9 Å². The summed E-state index contributed by atoms with van der Waals surface area (Å²) in [6.07, 6.45) is 10.5. The highest BCUT2D eigenvalue weighted by atomic mass is 15.4. The maximum absolute atomic E-state index is 6.05. The molecule has 30 heavy (non-hydrogen) atoms. The lowest BCUT2D eigenvalue weighted by molar-refractivity contribution is 0.182. The molecule has 2 aliphatic rings. The molecule has 1 aliphatic carbocycles. The normalized spacial score (nSPS) is 22.4. The number of hydrogen-bond donors (Lipinski definition) is 1. The van der Waals surface area contributed by atoms with Crippen LogP contribution in [-0.2, 0) is 6.42 Å². The summed E-state index contributed by atoms with van der Waals surface area (Å²) in [4.78, 5) is 11.5. The van der Waals surface area contributed by atoms with Gasteiger partial charge in [0.1, 0.15) is 0 Å². The molecule has 2 fully saturated rings. The quantitative estimate of drug-likeness (QED) is 0.699. The van der Waals surface area contributed by atoms with Crippen LogP contribution in [0.5, 0.6) is 0 Å². The first-order valence-electron chi connectivity index (χ1n) is 11.2. The lowest BCUT2D eigenvalue weighted by Crippen LogP contribution is -2.35. The van der Waals surface area contributed by atoms with Crippen molar-refractivity contribution in [2.24, 2.45) is 0 Å². The minimum absolute atomic E-state index is 0.370. The van der Waals surface area contributed by atoms with Crippen LogP contribution in [-0.4, -0.2) is 43.8 Å². The third-order valence-corrected chi connectivity index (χ3v) is 6.71. The van der Waals surface area contributed by atoms with Crippen molar-refractivity contribution in [2.45, 2.75) is 56.9 Å². The fraction of sp³-hybridized carbons (Fsp3) is 0.458. The Bertz CT molecular complexity index is 951. The maximum atomic E-state index is 6.05. The molecule has 156 valence electrons. The van der Waals surface area contributed by atoms with Crippen molar-refractivity contribution < 1.29 is 0 Å². The average molecular weight is 403 g/mol. The molecule has 0 unspecified atom stereocenters. The molecule has 6 nitrogen and oxygen atoms in total. The first-order valence-corrected chi connectivity index (χ1v) is 11.2. The monoisotopic (exact) mass is 402 g/mol. The summed E-state index contributed by atoms with van der Waals surface area (Å²) >= 11 is 0. The molecule has 1 saturated carbocycles. The Hall–Kier alpha value is -2.73. The number of rotatable bonds is 5. The number of nitrogen functional groups attached to an aromatic ring is 1. The fourth-order valence-corrected chi connectivity index (χ4v) is 5.06. The number of nitrogens with zero attached hydrogens (tertiary/aromatic N) is 5. The number of pyridine rings is 1. The Balaban J connectivity index is 1.21. The van der Waals surface area contributed by atoms with Crippen LogP contribution < -0.4 is 5.73 Å². The van der Waals surface area contributed by atoms with Crippen LogP contribution in [0.4, 0.5) is 5.95 Å². The van der Waals surface area contributed by atoms with E-state index in [2.05, 4.69) is 44.2 Å². The SMILES string of the molecule is Nc1nc(Cc2ccc(C3CCC(N4CCCC4)CC3)cc2)nn1-c1ccccn1. The minimum atomic E-state index is 0.370. The van der Waals surface area contributed by atoms with Crippen molar-refractivity contribution in [3.63, 3.8) is 0 Å². The maximum Gasteiger partial charge on any atom is 0.225 e. The zero-order chi connectivity index (χ0) is 20.3. The van der Waals surface area contributed by atoms with Gasteiger partial charge in [-0.3, -0.25) is 0 Å². The molecule has 2 aromatic heterocycles. The molecule has 6 heteroatoms. The molecule has 3 heterocycles. The van der Waals surface area contributed by atoms with Crippen molar-refractivity contribution in [3.05, 3.63) is 65.6 Å². The molecule has 3 aromatic rings. The number of likely N-dealkylation sites (tertiary alicyclic amines) is 1. The third-order valence-electron chi connectivity index (χ3n) is 6.71. The first kappa shape index (κ1) is 19.2. The number of anilines is 1. The predicted octanol–water partition coefficient (Wildman–Crippen LogP) is 3.96. The van der Waals surface area contributed by atoms with E-state index in [1.165, 1.54) is 62.7 Å². The summed E-state index contributed by atoms with van der Waals surface area (Å²) < 4.78 is 1.60. The third kappa shape index (κ3) is 4.10. The average Bonchev–Trinajstić information content (AvgIpc) is 3.45. The summed E-state index contributed by atoms with van der Waals surface area (Å²) in [7, 11) is 0. The number of hydrogen-bond acceptors (Lipinski definition) is 5. The lowest BCUT2D eigenvalue weighted by Gasteiger charge is -2.34. The topological polar surface area (TPSA) is 72.9 Å². The van der Waals surface area contributed by atoms with Gasteiger partial charge >= 0.3 is 0 Å². The van der Waals surface area contributed by atoms with E-state index in [0.717, 1.165) is 11.9 Å². The molecular formula is C24H30N6. The van der Waals surface area contributed by atoms with Crippen molar-refractivity contribution in [3.8, 4) is 5.82 Å². The standard InChI is InChI=1S/C24H30N6/c25-24-27-22(28-30(24)23-5-1-2-14-26-23)17-18-6-8-19(9-7-18)20-10-12-21(13-11-20)29-15-3-4-16-29/h1-2,5-9,14,20-21H,3-4,10-13,15-17H2,(H2,25,27,28). The molecule has 5 rings (SSSR count). The van der Waals surface area contributed by atoms with Crippen molar-refractivity contribution >= 4 is 5.95 Å². The van der Waals surface area contributed by atoms with Gasteiger partial charge in [0.25, 0.3) is 0 Å². The summed E-state index contributed by atoms with van der Waals surface area (Å²) in [5.41, 5.74) is 8.74. The summed E-state index contributed by atoms with van der Waals surface area (Å²) in [6, 6.07) is 15.5. The van der Waals surface area contributed by atoms with E-state index in [9.17, 15) is 0 Å². The van der Waals surface area contributed by atoms with E-state index < -0.39 is 0 Å². The predicted molar refractivity (Wildman–Crippen MR) is 119 cm³/mol. The molecule has 0 bridgehead atoms. The Kier molecular flexibility index (Phi) is 5.49. The Morgan fingerprint density at radius 2 is 1.70 bits per heavy atom. The molecule has 1 aliphatic heterocycles. The van der Waals surface area contributed by atoms with Crippen molar-refractivity contribution in [1.82, 2.24) is 24.6 Å². The van der Waals surface area contributed by atoms with Gasteiger partial charge in [-0.1, -0.05) is 30.3 Å². The van der Waals surface area contributed by atoms with Gasteiger partial charge in [-0.15, -0.1) is 5.10 Å². The molecule has 2 N–H and O–H groups in total. The van der Waals surface area contributed by atoms with E-state index in [4.69, 9.17) is 5.73 Å². The Morgan fingerprint density at radius 3 is 2.40 bits per heavy atom. The zero-order valence-corrected chi connectivity index (χ0v) is 17.5. The molecular weight excluding hydrogens is 372 g/mol. The molecule has 0 atom stereocenters. The second-order valence-electron chi connectivity index (χ2n) is 8.65. The van der Waals surface area contributed by atoms with Crippen LogP contribution in [0.15, 0.2) is 48.7 Å². The van der Waals surface area contributed by atoms with Crippen LogP contribution in [0.25, 0.3) is 5.82 Å². The fourth-order valence-electron chi connectivity index (χ4n) is 5.06. The van der Waals surface area contributed by atoms with E-state index in [1.807, 2.05) is 18.2 Å². The molecule has 1 saturated heterocycles. The van der Waals surface area contributed by atoms with Gasteiger partial charge in [-0.05, 0) is 80.8 Å². The molecule has 0 radical (unpaired) electrons. The van der Waals surface area contributed by atoms with E-state index in [0.29, 0.717) is 24.1 Å². The minimum Gasteiger partial charge on any atom is -0.368 e. The highest BCUT2D eigenvalue weighted by molar-refractivity contribution is 5.33. The van der Waals surface area contributed by atoms with Gasteiger partial charge in [-0.2, -0.15) is 9.67 Å². The molecule has 0 spiro atoms. The smallest absolute Gasteiger partial charge is 0.225 e. The van der Waals surface area contributed by atoms with Gasteiger partial charge in [0, 0.05) is 18.7 Å². The van der Waals surface area contributed by atoms with Crippen LogP contribution >= 0.6 is 0 Å². The summed E-state index contributed by atoms with van der Waals surface area (Å²) in [5.74, 6) is 2.48. The van der Waals surface area contributed by atoms with E-state index >= 15 is 0 Å². The largest absolute Gasteiger partial charge is 0.368 e. The van der Waals surface area contributed by atoms with Crippen LogP contribution in [0.3, 0.4) is 0 Å². The Morgan fingerprint density at radius 1 is 0.933 bits per heavy atom. The van der Waals surface area contributed by atoms with Crippen molar-refractivity contribution in [1.29, 1.82) is 0 Å². The van der Waals surface area contributed by atoms with Crippen molar-refractivity contribution in [2.75, 3.05) is 18.8 Å². The highest BCUT2D eigenvalue weighted by Gasteiger charge is 2.28. The molecule has 1 aromatic carbocycles. The Labute approximate surface area is 178 Å².